The van der Waals surface area contributed by atoms with E-state index in [1.807, 2.05) is 0 Å². The van der Waals surface area contributed by atoms with Gasteiger partial charge in [0.2, 0.25) is 0 Å². The summed E-state index contributed by atoms with van der Waals surface area (Å²) in [6.07, 6.45) is -3.89. The summed E-state index contributed by atoms with van der Waals surface area (Å²) in [5, 5.41) is 8.78. The minimum Gasteiger partial charge on any atom is -0.480 e. The third kappa shape index (κ3) is 4.00. The van der Waals surface area contributed by atoms with Gasteiger partial charge in [-0.1, -0.05) is 23.4 Å². The molecule has 0 aliphatic heterocycles. The molecule has 1 aromatic heterocycles. The van der Waals surface area contributed by atoms with Crippen molar-refractivity contribution in [3.63, 3.8) is 0 Å². The van der Waals surface area contributed by atoms with Crippen LogP contribution in [0.2, 0.25) is 5.02 Å². The zero-order chi connectivity index (χ0) is 15.7. The Balaban J connectivity index is 3.03. The Morgan fingerprint density at radius 2 is 2.05 bits per heavy atom. The Morgan fingerprint density at radius 3 is 2.45 bits per heavy atom. The molecule has 0 aliphatic carbocycles. The number of aromatic nitrogens is 1. The summed E-state index contributed by atoms with van der Waals surface area (Å²) in [6, 6.07) is -0.466. The molecule has 1 aromatic rings. The van der Waals surface area contributed by atoms with E-state index in [1.165, 1.54) is 0 Å². The van der Waals surface area contributed by atoms with Crippen molar-refractivity contribution in [2.45, 2.75) is 35.8 Å². The molecule has 1 atom stereocenters. The van der Waals surface area contributed by atoms with E-state index in [9.17, 15) is 18.0 Å². The number of hydrogen-bond acceptors (Lipinski definition) is 4. The average Bonchev–Trinajstić information content (AvgIpc) is 2.29. The van der Waals surface area contributed by atoms with E-state index in [0.717, 1.165) is 17.8 Å². The Bertz CT molecular complexity index is 523. The molecule has 1 rings (SSSR count). The summed E-state index contributed by atoms with van der Waals surface area (Å²) >= 11 is 6.67. The number of carbonyl (C=O) groups is 1. The van der Waals surface area contributed by atoms with E-state index in [-0.39, 0.29) is 10.0 Å². The van der Waals surface area contributed by atoms with E-state index < -0.39 is 28.5 Å². The van der Waals surface area contributed by atoms with Crippen LogP contribution < -0.4 is 5.73 Å². The highest BCUT2D eigenvalue weighted by molar-refractivity contribution is 8.00. The second-order valence-corrected chi connectivity index (χ2v) is 6.58. The Hall–Kier alpha value is -0.990. The molecule has 0 saturated carbocycles. The number of hydrogen-bond donors (Lipinski definition) is 2. The summed E-state index contributed by atoms with van der Waals surface area (Å²) in [7, 11) is 0. The zero-order valence-corrected chi connectivity index (χ0v) is 12.1. The first-order valence-electron chi connectivity index (χ1n) is 5.35. The number of carboxylic acid groups (broad SMARTS) is 1. The number of rotatable bonds is 4. The molecule has 0 radical (unpaired) electrons. The molecule has 0 aromatic carbocycles. The molecule has 0 amide bonds. The van der Waals surface area contributed by atoms with E-state index in [0.29, 0.717) is 6.20 Å². The van der Waals surface area contributed by atoms with Crippen LogP contribution in [0, 0.1) is 0 Å². The number of halogens is 4. The predicted molar refractivity (Wildman–Crippen MR) is 69.8 cm³/mol. The van der Waals surface area contributed by atoms with Gasteiger partial charge in [0, 0.05) is 10.9 Å². The number of pyridine rings is 1. The molecular formula is C11H12ClF3N2O2S. The van der Waals surface area contributed by atoms with E-state index in [4.69, 9.17) is 22.4 Å². The lowest BCUT2D eigenvalue weighted by atomic mass is 10.1. The van der Waals surface area contributed by atoms with Crippen LogP contribution in [0.25, 0.3) is 0 Å². The third-order valence-corrected chi connectivity index (χ3v) is 4.21. The van der Waals surface area contributed by atoms with Gasteiger partial charge in [-0.2, -0.15) is 13.2 Å². The largest absolute Gasteiger partial charge is 0.480 e. The number of carboxylic acids is 1. The molecule has 9 heteroatoms. The second-order valence-electron chi connectivity index (χ2n) is 4.53. The van der Waals surface area contributed by atoms with Crippen molar-refractivity contribution < 1.29 is 23.1 Å². The Labute approximate surface area is 122 Å². The second kappa shape index (κ2) is 5.79. The van der Waals surface area contributed by atoms with Crippen molar-refractivity contribution in [2.24, 2.45) is 5.73 Å². The Kier molecular flexibility index (Phi) is 4.94. The SMILES string of the molecule is CC(C)(Sc1ncc(C(F)(F)F)cc1Cl)[C@H](N)C(=O)O. The number of thioether (sulfide) groups is 1. The van der Waals surface area contributed by atoms with Gasteiger partial charge in [0.1, 0.15) is 11.1 Å². The van der Waals surface area contributed by atoms with Crippen molar-refractivity contribution in [1.29, 1.82) is 0 Å². The van der Waals surface area contributed by atoms with Crippen molar-refractivity contribution in [3.8, 4) is 0 Å². The van der Waals surface area contributed by atoms with Gasteiger partial charge in [-0.25, -0.2) is 4.98 Å². The van der Waals surface area contributed by atoms with Crippen LogP contribution in [0.4, 0.5) is 13.2 Å². The maximum absolute atomic E-state index is 12.5. The highest BCUT2D eigenvalue weighted by atomic mass is 35.5. The molecule has 0 saturated heterocycles. The average molecular weight is 329 g/mol. The van der Waals surface area contributed by atoms with Gasteiger partial charge >= 0.3 is 12.1 Å². The molecule has 0 aliphatic rings. The summed E-state index contributed by atoms with van der Waals surface area (Å²) in [5.74, 6) is -1.22. The lowest BCUT2D eigenvalue weighted by Gasteiger charge is -2.27. The molecule has 20 heavy (non-hydrogen) atoms. The number of nitrogens with zero attached hydrogens (tertiary/aromatic N) is 1. The number of nitrogens with two attached hydrogens (primary N) is 1. The molecule has 112 valence electrons. The van der Waals surface area contributed by atoms with Crippen LogP contribution in [-0.2, 0) is 11.0 Å². The maximum Gasteiger partial charge on any atom is 0.417 e. The van der Waals surface area contributed by atoms with Gasteiger partial charge in [-0.3, -0.25) is 4.79 Å². The van der Waals surface area contributed by atoms with E-state index >= 15 is 0 Å². The third-order valence-electron chi connectivity index (χ3n) is 2.51. The van der Waals surface area contributed by atoms with Crippen molar-refractivity contribution >= 4 is 29.3 Å². The van der Waals surface area contributed by atoms with Gasteiger partial charge in [0.25, 0.3) is 0 Å². The highest BCUT2D eigenvalue weighted by Gasteiger charge is 2.35. The summed E-state index contributed by atoms with van der Waals surface area (Å²) in [6.45, 7) is 3.10. The molecule has 1 heterocycles. The van der Waals surface area contributed by atoms with Crippen molar-refractivity contribution in [3.05, 3.63) is 22.8 Å². The topological polar surface area (TPSA) is 76.2 Å². The molecular weight excluding hydrogens is 317 g/mol. The summed E-state index contributed by atoms with van der Waals surface area (Å²) in [4.78, 5) is 14.5. The normalized spacial score (nSPS) is 14.2. The number of aliphatic carboxylic acids is 1. The summed E-state index contributed by atoms with van der Waals surface area (Å²) in [5.41, 5.74) is 4.55. The van der Waals surface area contributed by atoms with Crippen LogP contribution >= 0.6 is 23.4 Å². The molecule has 3 N–H and O–H groups in total. The predicted octanol–water partition coefficient (Wildman–Crippen LogP) is 3.04. The van der Waals surface area contributed by atoms with Crippen LogP contribution in [0.1, 0.15) is 19.4 Å². The van der Waals surface area contributed by atoms with Crippen LogP contribution in [0.5, 0.6) is 0 Å². The van der Waals surface area contributed by atoms with Gasteiger partial charge in [-0.05, 0) is 19.9 Å². The highest BCUT2D eigenvalue weighted by Crippen LogP contribution is 2.39. The molecule has 4 nitrogen and oxygen atoms in total. The molecule has 0 spiro atoms. The minimum atomic E-state index is -4.53. The standard InChI is InChI=1S/C11H12ClF3N2O2S/c1-10(2,7(16)9(18)19)20-8-6(12)3-5(4-17-8)11(13,14)15/h3-4,7H,16H2,1-2H3,(H,18,19)/t7-/m1/s1. The van der Waals surface area contributed by atoms with Crippen LogP contribution in [0.3, 0.4) is 0 Å². The van der Waals surface area contributed by atoms with Crippen molar-refractivity contribution in [2.75, 3.05) is 0 Å². The molecule has 0 bridgehead atoms. The monoisotopic (exact) mass is 328 g/mol. The van der Waals surface area contributed by atoms with Gasteiger partial charge < -0.3 is 10.8 Å². The molecule has 0 unspecified atom stereocenters. The van der Waals surface area contributed by atoms with Crippen LogP contribution in [-0.4, -0.2) is 26.8 Å². The fourth-order valence-electron chi connectivity index (χ4n) is 1.27. The minimum absolute atomic E-state index is 0.0985. The smallest absolute Gasteiger partial charge is 0.417 e. The van der Waals surface area contributed by atoms with Gasteiger partial charge in [-0.15, -0.1) is 0 Å². The van der Waals surface area contributed by atoms with Gasteiger partial charge in [0.05, 0.1) is 10.6 Å². The van der Waals surface area contributed by atoms with E-state index in [2.05, 4.69) is 4.98 Å². The number of alkyl halides is 3. The maximum atomic E-state index is 12.5. The first kappa shape index (κ1) is 17.1. The fourth-order valence-corrected chi connectivity index (χ4v) is 2.54. The lowest BCUT2D eigenvalue weighted by molar-refractivity contribution is -0.139. The first-order valence-corrected chi connectivity index (χ1v) is 6.54. The fraction of sp³-hybridized carbons (Fsp3) is 0.455. The zero-order valence-electron chi connectivity index (χ0n) is 10.5. The summed E-state index contributed by atoms with van der Waals surface area (Å²) < 4.78 is 36.4. The molecule has 0 fully saturated rings. The van der Waals surface area contributed by atoms with Gasteiger partial charge in [0.15, 0.2) is 0 Å². The first-order chi connectivity index (χ1) is 8.95. The quantitative estimate of drug-likeness (QED) is 0.831. The Morgan fingerprint density at radius 1 is 1.50 bits per heavy atom. The van der Waals surface area contributed by atoms with Crippen LogP contribution in [0.15, 0.2) is 17.3 Å². The lowest BCUT2D eigenvalue weighted by Crippen LogP contribution is -2.46. The van der Waals surface area contributed by atoms with Crippen molar-refractivity contribution in [1.82, 2.24) is 4.98 Å². The van der Waals surface area contributed by atoms with E-state index in [1.54, 1.807) is 13.8 Å².